The van der Waals surface area contributed by atoms with Crippen LogP contribution in [0.2, 0.25) is 10.0 Å². The number of hydrogen-bond acceptors (Lipinski definition) is 5. The number of anilines is 1. The number of aromatic nitrogens is 2. The molecule has 8 heteroatoms. The molecule has 0 aliphatic carbocycles. The number of halogens is 2. The number of carbonyl (C=O) groups excluding carboxylic acids is 1. The Morgan fingerprint density at radius 2 is 2.23 bits per heavy atom. The molecule has 0 saturated carbocycles. The molecule has 2 N–H and O–H groups in total. The third-order valence-corrected chi connectivity index (χ3v) is 3.49. The standard InChI is InChI=1S/C14H14Cl2N4O2/c1-3-22-14(21)12-8(2)18-20-13(12)19-17-7-9-4-5-10(15)11(16)6-9/h4-7H,3H2,1-2H3,(H2,18,19,20)/b17-7+. The van der Waals surface area contributed by atoms with Gasteiger partial charge in [-0.2, -0.15) is 10.2 Å². The maximum atomic E-state index is 11.9. The molecular weight excluding hydrogens is 327 g/mol. The number of carbonyl (C=O) groups is 1. The minimum Gasteiger partial charge on any atom is -0.462 e. The van der Waals surface area contributed by atoms with Crippen molar-refractivity contribution in [1.82, 2.24) is 10.2 Å². The number of aryl methyl sites for hydroxylation is 1. The van der Waals surface area contributed by atoms with Gasteiger partial charge in [-0.15, -0.1) is 0 Å². The van der Waals surface area contributed by atoms with Gasteiger partial charge < -0.3 is 4.74 Å². The lowest BCUT2D eigenvalue weighted by Gasteiger charge is -2.03. The Morgan fingerprint density at radius 1 is 1.45 bits per heavy atom. The summed E-state index contributed by atoms with van der Waals surface area (Å²) in [4.78, 5) is 11.9. The van der Waals surface area contributed by atoms with E-state index in [0.29, 0.717) is 27.1 Å². The Kier molecular flexibility index (Phi) is 5.41. The van der Waals surface area contributed by atoms with Gasteiger partial charge in [-0.25, -0.2) is 4.79 Å². The number of benzene rings is 1. The summed E-state index contributed by atoms with van der Waals surface area (Å²) < 4.78 is 4.98. The van der Waals surface area contributed by atoms with Gasteiger partial charge >= 0.3 is 5.97 Å². The lowest BCUT2D eigenvalue weighted by atomic mass is 10.2. The maximum absolute atomic E-state index is 11.9. The molecule has 0 fully saturated rings. The first-order chi connectivity index (χ1) is 10.5. The van der Waals surface area contributed by atoms with Gasteiger partial charge in [0.25, 0.3) is 0 Å². The molecule has 0 unspecified atom stereocenters. The van der Waals surface area contributed by atoms with Crippen molar-refractivity contribution in [3.8, 4) is 0 Å². The molecule has 2 rings (SSSR count). The number of aromatic amines is 1. The van der Waals surface area contributed by atoms with Crippen molar-refractivity contribution in [2.75, 3.05) is 12.0 Å². The fourth-order valence-corrected chi connectivity index (χ4v) is 2.03. The summed E-state index contributed by atoms with van der Waals surface area (Å²) in [5, 5.41) is 11.6. The Bertz CT molecular complexity index is 713. The van der Waals surface area contributed by atoms with Crippen LogP contribution in [-0.4, -0.2) is 29.0 Å². The number of hydrogen-bond donors (Lipinski definition) is 2. The zero-order valence-electron chi connectivity index (χ0n) is 12.0. The molecule has 2 aromatic rings. The Labute approximate surface area is 137 Å². The highest BCUT2D eigenvalue weighted by molar-refractivity contribution is 6.42. The van der Waals surface area contributed by atoms with E-state index in [2.05, 4.69) is 20.7 Å². The van der Waals surface area contributed by atoms with E-state index in [0.717, 1.165) is 5.56 Å². The van der Waals surface area contributed by atoms with Crippen LogP contribution in [0.3, 0.4) is 0 Å². The average Bonchev–Trinajstić information content (AvgIpc) is 2.84. The summed E-state index contributed by atoms with van der Waals surface area (Å²) in [6, 6.07) is 5.12. The molecule has 1 aromatic carbocycles. The van der Waals surface area contributed by atoms with Crippen LogP contribution in [0.15, 0.2) is 23.3 Å². The van der Waals surface area contributed by atoms with Gasteiger partial charge in [-0.05, 0) is 31.5 Å². The van der Waals surface area contributed by atoms with Gasteiger partial charge in [0, 0.05) is 5.69 Å². The second kappa shape index (κ2) is 7.29. The molecule has 0 aliphatic rings. The number of nitrogens with one attached hydrogen (secondary N) is 2. The van der Waals surface area contributed by atoms with Crippen LogP contribution in [-0.2, 0) is 4.74 Å². The fourth-order valence-electron chi connectivity index (χ4n) is 1.72. The summed E-state index contributed by atoms with van der Waals surface area (Å²) in [5.74, 6) is -0.159. The van der Waals surface area contributed by atoms with Crippen LogP contribution in [0.5, 0.6) is 0 Å². The number of ether oxygens (including phenoxy) is 1. The molecule has 22 heavy (non-hydrogen) atoms. The molecule has 0 spiro atoms. The first-order valence-electron chi connectivity index (χ1n) is 6.49. The summed E-state index contributed by atoms with van der Waals surface area (Å²) in [5.41, 5.74) is 4.39. The summed E-state index contributed by atoms with van der Waals surface area (Å²) in [7, 11) is 0. The molecule has 116 valence electrons. The molecule has 1 aromatic heterocycles. The number of nitrogens with zero attached hydrogens (tertiary/aromatic N) is 2. The van der Waals surface area contributed by atoms with E-state index in [1.54, 1.807) is 38.3 Å². The van der Waals surface area contributed by atoms with Gasteiger partial charge in [0.1, 0.15) is 5.56 Å². The molecular formula is C14H14Cl2N4O2. The van der Waals surface area contributed by atoms with E-state index in [-0.39, 0.29) is 6.61 Å². The zero-order valence-corrected chi connectivity index (χ0v) is 13.5. The summed E-state index contributed by atoms with van der Waals surface area (Å²) in [6.07, 6.45) is 1.54. The highest BCUT2D eigenvalue weighted by atomic mass is 35.5. The molecule has 0 radical (unpaired) electrons. The van der Waals surface area contributed by atoms with Gasteiger partial charge in [0.15, 0.2) is 5.82 Å². The predicted octanol–water partition coefficient (Wildman–Crippen LogP) is 3.65. The lowest BCUT2D eigenvalue weighted by molar-refractivity contribution is 0.0526. The molecule has 6 nitrogen and oxygen atoms in total. The van der Waals surface area contributed by atoms with Gasteiger partial charge in [0.2, 0.25) is 0 Å². The first-order valence-corrected chi connectivity index (χ1v) is 7.24. The highest BCUT2D eigenvalue weighted by Gasteiger charge is 2.18. The van der Waals surface area contributed by atoms with E-state index in [1.165, 1.54) is 0 Å². The molecule has 0 saturated heterocycles. The molecule has 0 bridgehead atoms. The van der Waals surface area contributed by atoms with Crippen molar-refractivity contribution < 1.29 is 9.53 Å². The average molecular weight is 341 g/mol. The van der Waals surface area contributed by atoms with E-state index < -0.39 is 5.97 Å². The third kappa shape index (κ3) is 3.78. The Hall–Kier alpha value is -2.05. The Balaban J connectivity index is 2.13. The number of H-pyrrole nitrogens is 1. The van der Waals surface area contributed by atoms with E-state index in [9.17, 15) is 4.79 Å². The van der Waals surface area contributed by atoms with E-state index in [1.807, 2.05) is 0 Å². The minimum absolute atomic E-state index is 0.287. The monoisotopic (exact) mass is 340 g/mol. The maximum Gasteiger partial charge on any atom is 0.343 e. The highest BCUT2D eigenvalue weighted by Crippen LogP contribution is 2.22. The normalized spacial score (nSPS) is 10.9. The Morgan fingerprint density at radius 3 is 2.91 bits per heavy atom. The van der Waals surface area contributed by atoms with E-state index in [4.69, 9.17) is 27.9 Å². The van der Waals surface area contributed by atoms with Crippen molar-refractivity contribution in [1.29, 1.82) is 0 Å². The molecule has 0 amide bonds. The fraction of sp³-hybridized carbons (Fsp3) is 0.214. The summed E-state index contributed by atoms with van der Waals surface area (Å²) in [6.45, 7) is 3.76. The van der Waals surface area contributed by atoms with Crippen molar-refractivity contribution in [3.05, 3.63) is 45.1 Å². The van der Waals surface area contributed by atoms with Gasteiger partial charge in [-0.3, -0.25) is 10.5 Å². The van der Waals surface area contributed by atoms with E-state index >= 15 is 0 Å². The van der Waals surface area contributed by atoms with Crippen LogP contribution in [0.4, 0.5) is 5.82 Å². The summed E-state index contributed by atoms with van der Waals surface area (Å²) >= 11 is 11.8. The smallest absolute Gasteiger partial charge is 0.343 e. The van der Waals surface area contributed by atoms with Crippen LogP contribution in [0.25, 0.3) is 0 Å². The number of rotatable bonds is 5. The van der Waals surface area contributed by atoms with Crippen molar-refractivity contribution in [3.63, 3.8) is 0 Å². The first kappa shape index (κ1) is 16.3. The minimum atomic E-state index is -0.457. The second-order valence-corrected chi connectivity index (χ2v) is 5.15. The molecule has 0 atom stereocenters. The van der Waals surface area contributed by atoms with Crippen molar-refractivity contribution >= 4 is 41.2 Å². The van der Waals surface area contributed by atoms with Crippen LogP contribution in [0, 0.1) is 6.92 Å². The zero-order chi connectivity index (χ0) is 16.1. The SMILES string of the molecule is CCOC(=O)c1c(N/N=C/c2ccc(Cl)c(Cl)c2)n[nH]c1C. The van der Waals surface area contributed by atoms with Crippen molar-refractivity contribution in [2.45, 2.75) is 13.8 Å². The number of esters is 1. The van der Waals surface area contributed by atoms with Crippen LogP contribution in [0.1, 0.15) is 28.5 Å². The molecule has 0 aliphatic heterocycles. The van der Waals surface area contributed by atoms with Gasteiger partial charge in [0.05, 0.1) is 22.9 Å². The van der Waals surface area contributed by atoms with Crippen LogP contribution < -0.4 is 5.43 Å². The van der Waals surface area contributed by atoms with Crippen molar-refractivity contribution in [2.24, 2.45) is 5.10 Å². The third-order valence-electron chi connectivity index (χ3n) is 2.75. The molecule has 1 heterocycles. The second-order valence-electron chi connectivity index (χ2n) is 4.34. The largest absolute Gasteiger partial charge is 0.462 e. The van der Waals surface area contributed by atoms with Gasteiger partial charge in [-0.1, -0.05) is 29.3 Å². The quantitative estimate of drug-likeness (QED) is 0.494. The van der Waals surface area contributed by atoms with Crippen LogP contribution >= 0.6 is 23.2 Å². The predicted molar refractivity (Wildman–Crippen MR) is 87.0 cm³/mol. The number of hydrazone groups is 1. The lowest BCUT2D eigenvalue weighted by Crippen LogP contribution is -2.08. The topological polar surface area (TPSA) is 79.4 Å².